The molecule has 0 saturated carbocycles. The second kappa shape index (κ2) is 5.78. The minimum absolute atomic E-state index is 0.281. The van der Waals surface area contributed by atoms with Crippen LogP contribution in [-0.4, -0.2) is 27.9 Å². The third-order valence-electron chi connectivity index (χ3n) is 1.83. The van der Waals surface area contributed by atoms with Gasteiger partial charge in [-0.1, -0.05) is 12.1 Å². The van der Waals surface area contributed by atoms with Gasteiger partial charge < -0.3 is 10.4 Å². The lowest BCUT2D eigenvalue weighted by atomic mass is 10.2. The van der Waals surface area contributed by atoms with E-state index in [0.29, 0.717) is 5.75 Å². The molecule has 1 aromatic carbocycles. The first kappa shape index (κ1) is 11.2. The first-order chi connectivity index (χ1) is 6.68. The lowest BCUT2D eigenvalue weighted by Gasteiger charge is -2.03. The minimum atomic E-state index is -0.730. The van der Waals surface area contributed by atoms with Crippen molar-refractivity contribution in [3.63, 3.8) is 0 Å². The molecule has 0 spiro atoms. The Morgan fingerprint density at radius 3 is 2.57 bits per heavy atom. The smallest absolute Gasteiger partial charge is 0.115 e. The number of phenols is 1. The van der Waals surface area contributed by atoms with E-state index < -0.39 is 10.8 Å². The summed E-state index contributed by atoms with van der Waals surface area (Å²) < 4.78 is 10.7. The van der Waals surface area contributed by atoms with Gasteiger partial charge >= 0.3 is 0 Å². The van der Waals surface area contributed by atoms with Crippen molar-refractivity contribution in [1.82, 2.24) is 5.32 Å². The van der Waals surface area contributed by atoms with Crippen LogP contribution in [-0.2, 0) is 17.3 Å². The van der Waals surface area contributed by atoms with Gasteiger partial charge in [-0.2, -0.15) is 0 Å². The van der Waals surface area contributed by atoms with E-state index in [9.17, 15) is 4.21 Å². The Hall–Kier alpha value is -0.870. The third-order valence-corrected chi connectivity index (χ3v) is 2.61. The van der Waals surface area contributed by atoms with E-state index >= 15 is 0 Å². The van der Waals surface area contributed by atoms with E-state index in [1.807, 2.05) is 12.1 Å². The van der Waals surface area contributed by atoms with Crippen molar-refractivity contribution in [2.24, 2.45) is 0 Å². The molecule has 2 N–H and O–H groups in total. The van der Waals surface area contributed by atoms with Gasteiger partial charge in [0.1, 0.15) is 5.75 Å². The fraction of sp³-hybridized carbons (Fsp3) is 0.400. The first-order valence-corrected chi connectivity index (χ1v) is 6.20. The number of rotatable bonds is 5. The summed E-state index contributed by atoms with van der Waals surface area (Å²) in [5.41, 5.74) is 1.12. The molecule has 0 aliphatic carbocycles. The number of phenolic OH excluding ortho intramolecular Hbond substituents is 1. The van der Waals surface area contributed by atoms with Crippen LogP contribution in [0.4, 0.5) is 0 Å². The molecule has 0 bridgehead atoms. The fourth-order valence-electron chi connectivity index (χ4n) is 1.06. The SMILES string of the molecule is CS(=O)CCNCc1ccc(O)cc1. The zero-order valence-corrected chi connectivity index (χ0v) is 9.01. The van der Waals surface area contributed by atoms with Crippen LogP contribution in [0.3, 0.4) is 0 Å². The van der Waals surface area contributed by atoms with E-state index in [-0.39, 0.29) is 5.75 Å². The summed E-state index contributed by atoms with van der Waals surface area (Å²) >= 11 is 0. The normalized spacial score (nSPS) is 12.6. The maximum absolute atomic E-state index is 10.7. The van der Waals surface area contributed by atoms with Gasteiger partial charge in [0.2, 0.25) is 0 Å². The van der Waals surface area contributed by atoms with E-state index in [1.165, 1.54) is 0 Å². The van der Waals surface area contributed by atoms with Gasteiger partial charge in [-0.3, -0.25) is 4.21 Å². The second-order valence-corrected chi connectivity index (χ2v) is 4.68. The number of hydrogen-bond donors (Lipinski definition) is 2. The van der Waals surface area contributed by atoms with Crippen molar-refractivity contribution in [1.29, 1.82) is 0 Å². The molecule has 1 atom stereocenters. The Labute approximate surface area is 86.6 Å². The summed E-state index contributed by atoms with van der Waals surface area (Å²) in [6, 6.07) is 7.06. The Kier molecular flexibility index (Phi) is 4.62. The molecule has 0 saturated heterocycles. The number of benzene rings is 1. The molecule has 0 amide bonds. The number of nitrogens with one attached hydrogen (secondary N) is 1. The minimum Gasteiger partial charge on any atom is -0.508 e. The highest BCUT2D eigenvalue weighted by atomic mass is 32.2. The monoisotopic (exact) mass is 213 g/mol. The summed E-state index contributed by atoms with van der Waals surface area (Å²) in [5, 5.41) is 12.2. The van der Waals surface area contributed by atoms with Crippen LogP contribution >= 0.6 is 0 Å². The van der Waals surface area contributed by atoms with Crippen LogP contribution in [0.5, 0.6) is 5.75 Å². The molecule has 1 rings (SSSR count). The third kappa shape index (κ3) is 4.39. The Bertz CT molecular complexity index is 297. The van der Waals surface area contributed by atoms with Gasteiger partial charge in [0.15, 0.2) is 0 Å². The summed E-state index contributed by atoms with van der Waals surface area (Å²) in [6.45, 7) is 1.50. The summed E-state index contributed by atoms with van der Waals surface area (Å²) in [5.74, 6) is 0.960. The van der Waals surface area contributed by atoms with Gasteiger partial charge in [0.05, 0.1) is 0 Å². The summed E-state index contributed by atoms with van der Waals surface area (Å²) in [7, 11) is -0.730. The van der Waals surface area contributed by atoms with Crippen LogP contribution in [0.25, 0.3) is 0 Å². The maximum atomic E-state index is 10.7. The number of aromatic hydroxyl groups is 1. The Balaban J connectivity index is 2.25. The van der Waals surface area contributed by atoms with E-state index in [0.717, 1.165) is 18.7 Å². The van der Waals surface area contributed by atoms with E-state index in [1.54, 1.807) is 18.4 Å². The molecule has 0 aliphatic heterocycles. The Morgan fingerprint density at radius 1 is 1.36 bits per heavy atom. The van der Waals surface area contributed by atoms with Gasteiger partial charge in [-0.25, -0.2) is 0 Å². The van der Waals surface area contributed by atoms with Crippen molar-refractivity contribution in [2.45, 2.75) is 6.54 Å². The zero-order valence-electron chi connectivity index (χ0n) is 8.19. The van der Waals surface area contributed by atoms with E-state index in [4.69, 9.17) is 5.11 Å². The van der Waals surface area contributed by atoms with Crippen molar-refractivity contribution < 1.29 is 9.32 Å². The molecule has 0 radical (unpaired) electrons. The molecule has 0 aromatic heterocycles. The largest absolute Gasteiger partial charge is 0.508 e. The van der Waals surface area contributed by atoms with Crippen LogP contribution in [0.2, 0.25) is 0 Å². The summed E-state index contributed by atoms with van der Waals surface area (Å²) in [4.78, 5) is 0. The lowest BCUT2D eigenvalue weighted by Crippen LogP contribution is -2.19. The van der Waals surface area contributed by atoms with Crippen LogP contribution < -0.4 is 5.32 Å². The molecular weight excluding hydrogens is 198 g/mol. The molecule has 14 heavy (non-hydrogen) atoms. The fourth-order valence-corrected chi connectivity index (χ4v) is 1.49. The van der Waals surface area contributed by atoms with Gasteiger partial charge in [-0.05, 0) is 17.7 Å². The maximum Gasteiger partial charge on any atom is 0.115 e. The standard InChI is InChI=1S/C10H15NO2S/c1-14(13)7-6-11-8-9-2-4-10(12)5-3-9/h2-5,11-12H,6-8H2,1H3. The molecule has 78 valence electrons. The van der Waals surface area contributed by atoms with Crippen LogP contribution in [0, 0.1) is 0 Å². The lowest BCUT2D eigenvalue weighted by molar-refractivity contribution is 0.475. The topological polar surface area (TPSA) is 49.3 Å². The highest BCUT2D eigenvalue weighted by Gasteiger charge is 1.94. The highest BCUT2D eigenvalue weighted by molar-refractivity contribution is 7.84. The van der Waals surface area contributed by atoms with Crippen molar-refractivity contribution in [3.05, 3.63) is 29.8 Å². The van der Waals surface area contributed by atoms with Crippen molar-refractivity contribution >= 4 is 10.8 Å². The molecule has 1 unspecified atom stereocenters. The Morgan fingerprint density at radius 2 is 2.00 bits per heavy atom. The molecular formula is C10H15NO2S. The number of hydrogen-bond acceptors (Lipinski definition) is 3. The molecule has 0 aliphatic rings. The molecule has 0 fully saturated rings. The average Bonchev–Trinajstić information content (AvgIpc) is 2.15. The van der Waals surface area contributed by atoms with E-state index in [2.05, 4.69) is 5.32 Å². The molecule has 0 heterocycles. The predicted molar refractivity (Wildman–Crippen MR) is 58.7 cm³/mol. The second-order valence-electron chi connectivity index (χ2n) is 3.12. The van der Waals surface area contributed by atoms with Gasteiger partial charge in [0, 0.05) is 35.9 Å². The van der Waals surface area contributed by atoms with Crippen LogP contribution in [0.15, 0.2) is 24.3 Å². The first-order valence-electron chi connectivity index (χ1n) is 4.47. The van der Waals surface area contributed by atoms with Crippen molar-refractivity contribution in [2.75, 3.05) is 18.6 Å². The van der Waals surface area contributed by atoms with Gasteiger partial charge in [-0.15, -0.1) is 0 Å². The summed E-state index contributed by atoms with van der Waals surface area (Å²) in [6.07, 6.45) is 1.70. The predicted octanol–water partition coefficient (Wildman–Crippen LogP) is 0.860. The van der Waals surface area contributed by atoms with Gasteiger partial charge in [0.25, 0.3) is 0 Å². The molecule has 1 aromatic rings. The zero-order chi connectivity index (χ0) is 10.4. The van der Waals surface area contributed by atoms with Crippen molar-refractivity contribution in [3.8, 4) is 5.75 Å². The molecule has 4 heteroatoms. The average molecular weight is 213 g/mol. The highest BCUT2D eigenvalue weighted by Crippen LogP contribution is 2.08. The molecule has 3 nitrogen and oxygen atoms in total. The quantitative estimate of drug-likeness (QED) is 0.713. The van der Waals surface area contributed by atoms with Crippen LogP contribution in [0.1, 0.15) is 5.56 Å².